The van der Waals surface area contributed by atoms with Crippen molar-refractivity contribution in [2.75, 3.05) is 0 Å². The third kappa shape index (κ3) is 4.08. The van der Waals surface area contributed by atoms with Crippen molar-refractivity contribution in [2.24, 2.45) is 17.8 Å². The van der Waals surface area contributed by atoms with E-state index in [4.69, 9.17) is 19.4 Å². The van der Waals surface area contributed by atoms with Crippen LogP contribution >= 0.6 is 0 Å². The van der Waals surface area contributed by atoms with Crippen molar-refractivity contribution in [3.8, 4) is 40.2 Å². The molecule has 0 N–H and O–H groups in total. The molecule has 4 fully saturated rings. The lowest BCUT2D eigenvalue weighted by molar-refractivity contribution is -0.00518. The Kier molecular flexibility index (Phi) is 5.38. The van der Waals surface area contributed by atoms with Crippen molar-refractivity contribution in [3.63, 3.8) is 0 Å². The number of hydrogen-bond donors (Lipinski definition) is 0. The third-order valence-corrected chi connectivity index (χ3v) is 10.3. The minimum atomic E-state index is 0.364. The molecule has 0 saturated heterocycles. The Morgan fingerprint density at radius 3 is 1.77 bits per heavy atom. The van der Waals surface area contributed by atoms with Gasteiger partial charge in [-0.15, -0.1) is 0 Å². The fourth-order valence-electron chi connectivity index (χ4n) is 8.77. The number of benzene rings is 4. The minimum absolute atomic E-state index is 0.364. The Hall–Kier alpha value is -4.82. The largest absolute Gasteiger partial charge is 0.456 e. The van der Waals surface area contributed by atoms with Crippen LogP contribution in [-0.2, 0) is 5.41 Å². The normalized spacial score (nSPS) is 24.0. The van der Waals surface area contributed by atoms with E-state index in [0.29, 0.717) is 34.0 Å². The predicted molar refractivity (Wildman–Crippen MR) is 168 cm³/mol. The topological polar surface area (TPSA) is 75.6 Å². The molecule has 208 valence electrons. The molecule has 5 heteroatoms. The molecule has 4 bridgehead atoms. The van der Waals surface area contributed by atoms with Crippen LogP contribution in [0, 0.1) is 29.1 Å². The first-order valence-electron chi connectivity index (χ1n) is 15.4. The minimum Gasteiger partial charge on any atom is -0.456 e. The van der Waals surface area contributed by atoms with Crippen LogP contribution in [0.5, 0.6) is 0 Å². The molecule has 4 aromatic carbocycles. The van der Waals surface area contributed by atoms with Gasteiger partial charge >= 0.3 is 0 Å². The van der Waals surface area contributed by atoms with E-state index < -0.39 is 0 Å². The van der Waals surface area contributed by atoms with Gasteiger partial charge in [-0.2, -0.15) is 5.26 Å². The molecule has 43 heavy (non-hydrogen) atoms. The van der Waals surface area contributed by atoms with Crippen molar-refractivity contribution in [2.45, 2.75) is 43.9 Å². The van der Waals surface area contributed by atoms with Crippen molar-refractivity contribution in [1.82, 2.24) is 15.0 Å². The molecule has 0 unspecified atom stereocenters. The Balaban J connectivity index is 1.13. The summed E-state index contributed by atoms with van der Waals surface area (Å²) < 4.78 is 6.18. The molecule has 0 atom stereocenters. The standard InChI is InChI=1S/C38H30N4O/c39-22-23-6-12-31-32-13-9-29(18-34(32)43-33(31)17-23)37-41-35(27-4-2-1-3-5-27)40-36(42-37)28-7-10-30(11-8-28)38-19-24-14-25(20-38)16-26(15-24)21-38/h1-13,17-18,24-26H,14-16,19-21H2. The van der Waals surface area contributed by atoms with Crippen molar-refractivity contribution < 1.29 is 4.42 Å². The number of aromatic nitrogens is 3. The third-order valence-electron chi connectivity index (χ3n) is 10.3. The van der Waals surface area contributed by atoms with E-state index in [-0.39, 0.29) is 0 Å². The van der Waals surface area contributed by atoms with Gasteiger partial charge in [-0.1, -0.05) is 60.7 Å². The van der Waals surface area contributed by atoms with Crippen LogP contribution in [0.1, 0.15) is 49.7 Å². The van der Waals surface area contributed by atoms with Gasteiger partial charge in [0.2, 0.25) is 0 Å². The van der Waals surface area contributed by atoms with Gasteiger partial charge in [0, 0.05) is 27.5 Å². The zero-order valence-electron chi connectivity index (χ0n) is 23.8. The van der Waals surface area contributed by atoms with Crippen LogP contribution < -0.4 is 0 Å². The SMILES string of the molecule is N#Cc1ccc2c(c1)oc1cc(-c3nc(-c4ccccc4)nc(-c4ccc(C56CC7CC(CC(C7)C5)C6)cc4)n3)ccc12. The highest BCUT2D eigenvalue weighted by Crippen LogP contribution is 2.60. The quantitative estimate of drug-likeness (QED) is 0.216. The summed E-state index contributed by atoms with van der Waals surface area (Å²) in [5, 5.41) is 11.3. The van der Waals surface area contributed by atoms with Gasteiger partial charge in [0.1, 0.15) is 11.2 Å². The van der Waals surface area contributed by atoms with Crippen LogP contribution in [0.2, 0.25) is 0 Å². The first-order chi connectivity index (χ1) is 21.1. The lowest BCUT2D eigenvalue weighted by atomic mass is 9.48. The summed E-state index contributed by atoms with van der Waals surface area (Å²) >= 11 is 0. The number of nitrogens with zero attached hydrogens (tertiary/aromatic N) is 4. The Morgan fingerprint density at radius 1 is 0.605 bits per heavy atom. The molecule has 2 aromatic heterocycles. The van der Waals surface area contributed by atoms with Crippen molar-refractivity contribution in [1.29, 1.82) is 5.26 Å². The first kappa shape index (κ1) is 24.7. The summed E-state index contributed by atoms with van der Waals surface area (Å²) in [6.45, 7) is 0. The molecule has 2 heterocycles. The zero-order chi connectivity index (χ0) is 28.5. The molecule has 0 amide bonds. The average Bonchev–Trinajstić information content (AvgIpc) is 3.41. The lowest BCUT2D eigenvalue weighted by Gasteiger charge is -2.57. The molecular formula is C38H30N4O. The lowest BCUT2D eigenvalue weighted by Crippen LogP contribution is -2.48. The molecule has 5 nitrogen and oxygen atoms in total. The van der Waals surface area contributed by atoms with Crippen molar-refractivity contribution in [3.05, 3.63) is 102 Å². The van der Waals surface area contributed by atoms with Gasteiger partial charge in [0.25, 0.3) is 0 Å². The Bertz CT molecular complexity index is 2030. The van der Waals surface area contributed by atoms with Gasteiger partial charge < -0.3 is 4.42 Å². The van der Waals surface area contributed by atoms with E-state index in [1.807, 2.05) is 54.6 Å². The zero-order valence-corrected chi connectivity index (χ0v) is 23.8. The van der Waals surface area contributed by atoms with E-state index in [9.17, 15) is 5.26 Å². The van der Waals surface area contributed by atoms with E-state index in [2.05, 4.69) is 36.4 Å². The van der Waals surface area contributed by atoms with Gasteiger partial charge in [0.15, 0.2) is 17.5 Å². The van der Waals surface area contributed by atoms with E-state index in [0.717, 1.165) is 50.8 Å². The molecule has 6 aromatic rings. The van der Waals surface area contributed by atoms with E-state index in [1.54, 1.807) is 6.07 Å². The second-order valence-corrected chi connectivity index (χ2v) is 13.1. The maximum absolute atomic E-state index is 9.32. The maximum atomic E-state index is 9.32. The van der Waals surface area contributed by atoms with Gasteiger partial charge in [-0.3, -0.25) is 0 Å². The molecule has 0 aliphatic heterocycles. The molecule has 0 radical (unpaired) electrons. The first-order valence-corrected chi connectivity index (χ1v) is 15.4. The summed E-state index contributed by atoms with van der Waals surface area (Å²) in [5.41, 5.74) is 6.70. The van der Waals surface area contributed by atoms with Crippen molar-refractivity contribution >= 4 is 21.9 Å². The fourth-order valence-corrected chi connectivity index (χ4v) is 8.77. The maximum Gasteiger partial charge on any atom is 0.164 e. The summed E-state index contributed by atoms with van der Waals surface area (Å²) in [4.78, 5) is 14.9. The van der Waals surface area contributed by atoms with Gasteiger partial charge in [-0.05, 0) is 97.6 Å². The van der Waals surface area contributed by atoms with Crippen LogP contribution in [0.15, 0.2) is 95.4 Å². The Morgan fingerprint density at radius 2 is 1.14 bits per heavy atom. The average molecular weight is 559 g/mol. The summed E-state index contributed by atoms with van der Waals surface area (Å²) in [6.07, 6.45) is 8.42. The van der Waals surface area contributed by atoms with E-state index >= 15 is 0 Å². The van der Waals surface area contributed by atoms with Crippen LogP contribution in [-0.4, -0.2) is 15.0 Å². The smallest absolute Gasteiger partial charge is 0.164 e. The number of rotatable bonds is 4. The molecule has 10 rings (SSSR count). The van der Waals surface area contributed by atoms with Crippen LogP contribution in [0.3, 0.4) is 0 Å². The highest BCUT2D eigenvalue weighted by Gasteiger charge is 2.51. The molecule has 4 aliphatic carbocycles. The number of hydrogen-bond acceptors (Lipinski definition) is 5. The van der Waals surface area contributed by atoms with Crippen LogP contribution in [0.4, 0.5) is 0 Å². The van der Waals surface area contributed by atoms with Gasteiger partial charge in [-0.25, -0.2) is 15.0 Å². The Labute approximate surface area is 250 Å². The van der Waals surface area contributed by atoms with Gasteiger partial charge in [0.05, 0.1) is 11.6 Å². The summed E-state index contributed by atoms with van der Waals surface area (Å²) in [5.74, 6) is 4.68. The number of furan rings is 1. The summed E-state index contributed by atoms with van der Waals surface area (Å²) in [7, 11) is 0. The highest BCUT2D eigenvalue weighted by atomic mass is 16.3. The summed E-state index contributed by atoms with van der Waals surface area (Å²) in [6, 6.07) is 33.1. The molecule has 4 saturated carbocycles. The van der Waals surface area contributed by atoms with Crippen LogP contribution in [0.25, 0.3) is 56.1 Å². The molecule has 4 aliphatic rings. The second kappa shape index (κ2) is 9.34. The number of fused-ring (bicyclic) bond motifs is 3. The molecule has 0 spiro atoms. The van der Waals surface area contributed by atoms with E-state index in [1.165, 1.54) is 44.1 Å². The fraction of sp³-hybridized carbons (Fsp3) is 0.263. The monoisotopic (exact) mass is 558 g/mol. The second-order valence-electron chi connectivity index (χ2n) is 13.1. The predicted octanol–water partition coefficient (Wildman–Crippen LogP) is 9.11. The molecular weight excluding hydrogens is 528 g/mol. The number of nitriles is 1. The highest BCUT2D eigenvalue weighted by molar-refractivity contribution is 6.06.